The lowest BCUT2D eigenvalue weighted by Gasteiger charge is -2.10. The number of amides is 1. The van der Waals surface area contributed by atoms with Gasteiger partial charge in [0, 0.05) is 12.5 Å². The smallest absolute Gasteiger partial charge is 0.273 e. The summed E-state index contributed by atoms with van der Waals surface area (Å²) in [6, 6.07) is 0. The van der Waals surface area contributed by atoms with Crippen LogP contribution in [0.4, 0.5) is 5.82 Å². The summed E-state index contributed by atoms with van der Waals surface area (Å²) in [6.45, 7) is 5.86. The third-order valence-corrected chi connectivity index (χ3v) is 2.54. The first kappa shape index (κ1) is 13.9. The van der Waals surface area contributed by atoms with E-state index in [1.165, 1.54) is 13.2 Å². The number of nitrogen functional groups attached to an aromatic ring is 1. The lowest BCUT2D eigenvalue weighted by molar-refractivity contribution is 0.0959. The van der Waals surface area contributed by atoms with Crippen molar-refractivity contribution in [2.24, 2.45) is 0 Å². The zero-order valence-corrected chi connectivity index (χ0v) is 11.8. The minimum atomic E-state index is -0.420. The summed E-state index contributed by atoms with van der Waals surface area (Å²) in [7, 11) is 1.49. The molecule has 0 fully saturated rings. The highest BCUT2D eigenvalue weighted by Crippen LogP contribution is 2.23. The number of carbonyl (C=O) groups excluding carboxylic acids is 1. The Balaban J connectivity index is 2.43. The molecule has 8 heteroatoms. The minimum absolute atomic E-state index is 0.0344. The average Bonchev–Trinajstić information content (AvgIpc) is 2.88. The fourth-order valence-electron chi connectivity index (χ4n) is 1.42. The summed E-state index contributed by atoms with van der Waals surface area (Å²) in [5.74, 6) is 0.379. The largest absolute Gasteiger partial charge is 0.382 e. The first-order valence-electron chi connectivity index (χ1n) is 6.02. The second-order valence-electron chi connectivity index (χ2n) is 5.24. The Labute approximate surface area is 115 Å². The fourth-order valence-corrected chi connectivity index (χ4v) is 1.42. The summed E-state index contributed by atoms with van der Waals surface area (Å²) in [6.07, 6.45) is 1.40. The molecule has 0 aliphatic rings. The maximum Gasteiger partial charge on any atom is 0.273 e. The fraction of sp³-hybridized carbons (Fsp3) is 0.417. The van der Waals surface area contributed by atoms with Crippen molar-refractivity contribution >= 4 is 11.7 Å². The van der Waals surface area contributed by atoms with Crippen LogP contribution < -0.4 is 11.1 Å². The van der Waals surface area contributed by atoms with Crippen LogP contribution >= 0.6 is 0 Å². The highest BCUT2D eigenvalue weighted by atomic mass is 16.5. The molecule has 0 aliphatic heterocycles. The Morgan fingerprint density at radius 3 is 2.60 bits per heavy atom. The molecule has 2 heterocycles. The van der Waals surface area contributed by atoms with Gasteiger partial charge in [0.25, 0.3) is 5.91 Å². The summed E-state index contributed by atoms with van der Waals surface area (Å²) < 4.78 is 5.18. The van der Waals surface area contributed by atoms with Crippen molar-refractivity contribution < 1.29 is 9.32 Å². The van der Waals surface area contributed by atoms with Crippen molar-refractivity contribution in [1.29, 1.82) is 0 Å². The van der Waals surface area contributed by atoms with Gasteiger partial charge in [-0.15, -0.1) is 0 Å². The minimum Gasteiger partial charge on any atom is -0.382 e. The van der Waals surface area contributed by atoms with Gasteiger partial charge in [-0.05, 0) is 0 Å². The first-order valence-corrected chi connectivity index (χ1v) is 6.02. The second-order valence-corrected chi connectivity index (χ2v) is 5.24. The van der Waals surface area contributed by atoms with E-state index in [9.17, 15) is 4.79 Å². The van der Waals surface area contributed by atoms with Gasteiger partial charge in [-0.2, -0.15) is 4.98 Å². The normalized spacial score (nSPS) is 11.4. The molecule has 0 radical (unpaired) electrons. The third kappa shape index (κ3) is 2.58. The van der Waals surface area contributed by atoms with Crippen LogP contribution in [-0.4, -0.2) is 33.1 Å². The number of nitrogens with zero attached hydrogens (tertiary/aromatic N) is 4. The average molecular weight is 276 g/mol. The van der Waals surface area contributed by atoms with Crippen LogP contribution in [0.1, 0.15) is 37.2 Å². The molecule has 0 aromatic carbocycles. The Kier molecular flexibility index (Phi) is 3.39. The molecule has 0 saturated carbocycles. The number of rotatable bonds is 2. The van der Waals surface area contributed by atoms with Gasteiger partial charge in [-0.3, -0.25) is 4.79 Å². The molecular weight excluding hydrogens is 260 g/mol. The molecule has 0 atom stereocenters. The number of hydrogen-bond donors (Lipinski definition) is 2. The van der Waals surface area contributed by atoms with Crippen molar-refractivity contribution in [3.63, 3.8) is 0 Å². The van der Waals surface area contributed by atoms with Gasteiger partial charge < -0.3 is 15.6 Å². The van der Waals surface area contributed by atoms with Crippen molar-refractivity contribution in [3.8, 4) is 11.5 Å². The number of carbonyl (C=O) groups is 1. The van der Waals surface area contributed by atoms with Gasteiger partial charge in [0.15, 0.2) is 11.5 Å². The molecule has 2 rings (SSSR count). The monoisotopic (exact) mass is 276 g/mol. The van der Waals surface area contributed by atoms with Gasteiger partial charge in [0.1, 0.15) is 5.69 Å². The number of aromatic nitrogens is 4. The topological polar surface area (TPSA) is 120 Å². The molecule has 2 aromatic heterocycles. The molecule has 0 unspecified atom stereocenters. The van der Waals surface area contributed by atoms with Gasteiger partial charge in [-0.25, -0.2) is 9.97 Å². The maximum absolute atomic E-state index is 11.6. The van der Waals surface area contributed by atoms with Crippen LogP contribution in [-0.2, 0) is 5.41 Å². The van der Waals surface area contributed by atoms with E-state index in [4.69, 9.17) is 10.3 Å². The molecule has 0 spiro atoms. The lowest BCUT2D eigenvalue weighted by atomic mass is 9.97. The van der Waals surface area contributed by atoms with Crippen molar-refractivity contribution in [3.05, 3.63) is 17.8 Å². The Hall–Kier alpha value is -2.51. The summed E-state index contributed by atoms with van der Waals surface area (Å²) in [5.41, 5.74) is 5.72. The first-order chi connectivity index (χ1) is 9.32. The van der Waals surface area contributed by atoms with Crippen LogP contribution in [0.5, 0.6) is 0 Å². The van der Waals surface area contributed by atoms with Gasteiger partial charge >= 0.3 is 0 Å². The molecule has 106 valence electrons. The number of nitrogens with two attached hydrogens (primary N) is 1. The zero-order chi connectivity index (χ0) is 14.9. The van der Waals surface area contributed by atoms with E-state index in [0.29, 0.717) is 11.6 Å². The van der Waals surface area contributed by atoms with Crippen molar-refractivity contribution in [2.45, 2.75) is 26.2 Å². The third-order valence-electron chi connectivity index (χ3n) is 2.54. The van der Waals surface area contributed by atoms with Crippen LogP contribution in [0, 0.1) is 0 Å². The lowest BCUT2D eigenvalue weighted by Crippen LogP contribution is -2.21. The van der Waals surface area contributed by atoms with Gasteiger partial charge in [0.05, 0.1) is 6.20 Å². The highest BCUT2D eigenvalue weighted by molar-refractivity contribution is 5.96. The molecule has 0 saturated heterocycles. The van der Waals surface area contributed by atoms with Crippen LogP contribution in [0.15, 0.2) is 10.7 Å². The molecule has 2 aromatic rings. The predicted octanol–water partition coefficient (Wildman–Crippen LogP) is 0.766. The molecule has 1 amide bonds. The number of anilines is 1. The second kappa shape index (κ2) is 4.87. The highest BCUT2D eigenvalue weighted by Gasteiger charge is 2.23. The van der Waals surface area contributed by atoms with Crippen molar-refractivity contribution in [1.82, 2.24) is 25.4 Å². The van der Waals surface area contributed by atoms with E-state index >= 15 is 0 Å². The van der Waals surface area contributed by atoms with Gasteiger partial charge in [0.2, 0.25) is 11.7 Å². The van der Waals surface area contributed by atoms with E-state index in [0.717, 1.165) is 0 Å². The molecule has 20 heavy (non-hydrogen) atoms. The number of nitrogens with one attached hydrogen (secondary N) is 1. The molecule has 8 nitrogen and oxygen atoms in total. The molecule has 0 bridgehead atoms. The van der Waals surface area contributed by atoms with Gasteiger partial charge in [-0.1, -0.05) is 25.9 Å². The summed E-state index contributed by atoms with van der Waals surface area (Å²) >= 11 is 0. The standard InChI is InChI=1S/C12H16N6O2/c1-12(2,3)11-17-9(18-20-11)6-5-15-8(13)7(16-6)10(19)14-4/h5H,1-4H3,(H2,13,15)(H,14,19). The van der Waals surface area contributed by atoms with Crippen LogP contribution in [0.2, 0.25) is 0 Å². The van der Waals surface area contributed by atoms with E-state index in [1.807, 2.05) is 20.8 Å². The molecule has 3 N–H and O–H groups in total. The summed E-state index contributed by atoms with van der Waals surface area (Å²) in [5, 5.41) is 6.29. The zero-order valence-electron chi connectivity index (χ0n) is 11.8. The van der Waals surface area contributed by atoms with Crippen molar-refractivity contribution in [2.75, 3.05) is 12.8 Å². The van der Waals surface area contributed by atoms with E-state index in [1.54, 1.807) is 0 Å². The summed E-state index contributed by atoms with van der Waals surface area (Å²) in [4.78, 5) is 23.9. The maximum atomic E-state index is 11.6. The van der Waals surface area contributed by atoms with Crippen LogP contribution in [0.25, 0.3) is 11.5 Å². The quantitative estimate of drug-likeness (QED) is 0.830. The number of hydrogen-bond acceptors (Lipinski definition) is 7. The molecular formula is C12H16N6O2. The Morgan fingerprint density at radius 2 is 2.05 bits per heavy atom. The van der Waals surface area contributed by atoms with E-state index < -0.39 is 5.91 Å². The van der Waals surface area contributed by atoms with E-state index in [2.05, 4.69) is 25.4 Å². The Morgan fingerprint density at radius 1 is 1.35 bits per heavy atom. The Bertz CT molecular complexity index is 644. The van der Waals surface area contributed by atoms with Crippen LogP contribution in [0.3, 0.4) is 0 Å². The predicted molar refractivity (Wildman–Crippen MR) is 71.8 cm³/mol. The SMILES string of the molecule is CNC(=O)c1nc(-c2noc(C(C)(C)C)n2)cnc1N. The molecule has 0 aliphatic carbocycles. The van der Waals surface area contributed by atoms with E-state index in [-0.39, 0.29) is 22.8 Å².